The summed E-state index contributed by atoms with van der Waals surface area (Å²) in [5.41, 5.74) is 1.16. The van der Waals surface area contributed by atoms with Crippen molar-refractivity contribution in [2.75, 3.05) is 18.4 Å². The van der Waals surface area contributed by atoms with Crippen LogP contribution in [0.5, 0.6) is 0 Å². The first-order chi connectivity index (χ1) is 9.14. The van der Waals surface area contributed by atoms with Crippen molar-refractivity contribution in [2.24, 2.45) is 0 Å². The summed E-state index contributed by atoms with van der Waals surface area (Å²) >= 11 is 3.39. The first kappa shape index (κ1) is 15.0. The third kappa shape index (κ3) is 3.80. The van der Waals surface area contributed by atoms with Crippen LogP contribution in [0.2, 0.25) is 0 Å². The molecule has 1 fully saturated rings. The van der Waals surface area contributed by atoms with Crippen molar-refractivity contribution in [3.05, 3.63) is 29.8 Å². The quantitative estimate of drug-likeness (QED) is 0.786. The van der Waals surface area contributed by atoms with Crippen molar-refractivity contribution in [1.29, 1.82) is 0 Å². The molecule has 0 bridgehead atoms. The van der Waals surface area contributed by atoms with E-state index in [2.05, 4.69) is 15.9 Å². The lowest BCUT2D eigenvalue weighted by Crippen LogP contribution is -2.31. The molecule has 1 aliphatic rings. The summed E-state index contributed by atoms with van der Waals surface area (Å²) in [6, 6.07) is 7.29. The van der Waals surface area contributed by atoms with Gasteiger partial charge < -0.3 is 0 Å². The summed E-state index contributed by atoms with van der Waals surface area (Å²) < 4.78 is 26.7. The maximum Gasteiger partial charge on any atom is 0.243 e. The molecule has 1 heterocycles. The molecular weight excluding hydrogens is 326 g/mol. The molecule has 1 aromatic rings. The van der Waals surface area contributed by atoms with Gasteiger partial charge in [-0.25, -0.2) is 8.42 Å². The van der Waals surface area contributed by atoms with Crippen LogP contribution >= 0.6 is 15.9 Å². The molecule has 0 unspecified atom stereocenters. The second kappa shape index (κ2) is 6.86. The number of alkyl halides is 1. The zero-order valence-electron chi connectivity index (χ0n) is 11.0. The molecule has 1 aromatic carbocycles. The highest BCUT2D eigenvalue weighted by Crippen LogP contribution is 2.20. The number of sulfonamides is 1. The first-order valence-corrected chi connectivity index (χ1v) is 9.36. The second-order valence-corrected chi connectivity index (χ2v) is 7.63. The fraction of sp³-hybridized carbons (Fsp3) is 0.571. The van der Waals surface area contributed by atoms with Crippen LogP contribution in [0.1, 0.15) is 31.2 Å². The molecule has 2 rings (SSSR count). The van der Waals surface area contributed by atoms with Gasteiger partial charge in [0.1, 0.15) is 0 Å². The Hall–Kier alpha value is -0.390. The Labute approximate surface area is 124 Å². The molecule has 1 saturated heterocycles. The summed E-state index contributed by atoms with van der Waals surface area (Å²) in [6.07, 6.45) is 5.14. The Bertz CT molecular complexity index is 491. The topological polar surface area (TPSA) is 37.4 Å². The van der Waals surface area contributed by atoms with Crippen LogP contribution in [0, 0.1) is 0 Å². The lowest BCUT2D eigenvalue weighted by atomic mass is 10.2. The number of benzene rings is 1. The van der Waals surface area contributed by atoms with Gasteiger partial charge in [0.05, 0.1) is 4.90 Å². The largest absolute Gasteiger partial charge is 0.243 e. The van der Waals surface area contributed by atoms with Crippen LogP contribution in [0.3, 0.4) is 0 Å². The van der Waals surface area contributed by atoms with E-state index < -0.39 is 10.0 Å². The van der Waals surface area contributed by atoms with Crippen molar-refractivity contribution < 1.29 is 8.42 Å². The van der Waals surface area contributed by atoms with Gasteiger partial charge in [-0.15, -0.1) is 0 Å². The van der Waals surface area contributed by atoms with E-state index in [1.807, 2.05) is 12.1 Å². The number of hydrogen-bond acceptors (Lipinski definition) is 2. The second-order valence-electron chi connectivity index (χ2n) is 4.90. The monoisotopic (exact) mass is 345 g/mol. The van der Waals surface area contributed by atoms with Crippen molar-refractivity contribution >= 4 is 26.0 Å². The van der Waals surface area contributed by atoms with Crippen molar-refractivity contribution in [3.8, 4) is 0 Å². The lowest BCUT2D eigenvalue weighted by molar-refractivity contribution is 0.423. The van der Waals surface area contributed by atoms with Gasteiger partial charge in [0.15, 0.2) is 0 Å². The third-order valence-electron chi connectivity index (χ3n) is 3.51. The molecular formula is C14H20BrNO2S. The average Bonchev–Trinajstić information content (AvgIpc) is 2.69. The molecule has 5 heteroatoms. The Balaban J connectivity index is 2.18. The Morgan fingerprint density at radius 1 is 1.00 bits per heavy atom. The highest BCUT2D eigenvalue weighted by Gasteiger charge is 2.24. The fourth-order valence-electron chi connectivity index (χ4n) is 2.37. The Morgan fingerprint density at radius 3 is 2.11 bits per heavy atom. The molecule has 0 aromatic heterocycles. The van der Waals surface area contributed by atoms with Crippen molar-refractivity contribution in [3.63, 3.8) is 0 Å². The van der Waals surface area contributed by atoms with E-state index in [0.717, 1.165) is 43.0 Å². The number of rotatable bonds is 4. The van der Waals surface area contributed by atoms with Gasteiger partial charge in [-0.05, 0) is 37.0 Å². The zero-order valence-corrected chi connectivity index (χ0v) is 13.4. The van der Waals surface area contributed by atoms with Crippen LogP contribution in [0.15, 0.2) is 29.2 Å². The van der Waals surface area contributed by atoms with Crippen LogP contribution < -0.4 is 0 Å². The number of nitrogens with zero attached hydrogens (tertiary/aromatic N) is 1. The predicted molar refractivity (Wildman–Crippen MR) is 81.2 cm³/mol. The van der Waals surface area contributed by atoms with E-state index in [-0.39, 0.29) is 0 Å². The lowest BCUT2D eigenvalue weighted by Gasteiger charge is -2.20. The predicted octanol–water partition coefficient (Wildman–Crippen LogP) is 3.19. The molecule has 19 heavy (non-hydrogen) atoms. The smallest absolute Gasteiger partial charge is 0.207 e. The fourth-order valence-corrected chi connectivity index (χ4v) is 4.34. The molecule has 0 radical (unpaired) electrons. The summed E-state index contributed by atoms with van der Waals surface area (Å²) in [4.78, 5) is 0.424. The minimum absolute atomic E-state index is 0.424. The van der Waals surface area contributed by atoms with Crippen LogP contribution in [-0.4, -0.2) is 31.1 Å². The molecule has 0 N–H and O–H groups in total. The molecule has 0 saturated carbocycles. The van der Waals surface area contributed by atoms with Gasteiger partial charge in [0.2, 0.25) is 10.0 Å². The summed E-state index contributed by atoms with van der Waals surface area (Å²) in [7, 11) is -3.30. The highest BCUT2D eigenvalue weighted by atomic mass is 79.9. The van der Waals surface area contributed by atoms with Gasteiger partial charge in [-0.2, -0.15) is 4.31 Å². The average molecular weight is 346 g/mol. The Kier molecular flexibility index (Phi) is 5.42. The molecule has 3 nitrogen and oxygen atoms in total. The van der Waals surface area contributed by atoms with Gasteiger partial charge in [-0.3, -0.25) is 0 Å². The van der Waals surface area contributed by atoms with Crippen molar-refractivity contribution in [2.45, 2.75) is 37.0 Å². The molecule has 0 spiro atoms. The summed E-state index contributed by atoms with van der Waals surface area (Å²) in [5.74, 6) is 0. The Morgan fingerprint density at radius 2 is 1.58 bits per heavy atom. The summed E-state index contributed by atoms with van der Waals surface area (Å²) in [6.45, 7) is 1.32. The minimum Gasteiger partial charge on any atom is -0.207 e. The minimum atomic E-state index is -3.30. The van der Waals surface area contributed by atoms with Crippen LogP contribution in [0.4, 0.5) is 0 Å². The van der Waals surface area contributed by atoms with Gasteiger partial charge >= 0.3 is 0 Å². The zero-order chi connectivity index (χ0) is 13.7. The number of halogens is 1. The van der Waals surface area contributed by atoms with E-state index in [0.29, 0.717) is 18.0 Å². The van der Waals surface area contributed by atoms with Crippen molar-refractivity contribution in [1.82, 2.24) is 4.31 Å². The molecule has 106 valence electrons. The van der Waals surface area contributed by atoms with Gasteiger partial charge in [-0.1, -0.05) is 40.9 Å². The van der Waals surface area contributed by atoms with E-state index in [4.69, 9.17) is 0 Å². The highest BCUT2D eigenvalue weighted by molar-refractivity contribution is 9.09. The van der Waals surface area contributed by atoms with Crippen LogP contribution in [-0.2, 0) is 16.4 Å². The maximum absolute atomic E-state index is 12.5. The van der Waals surface area contributed by atoms with Gasteiger partial charge in [0, 0.05) is 18.4 Å². The number of hydrogen-bond donors (Lipinski definition) is 0. The molecule has 1 aliphatic heterocycles. The molecule has 0 atom stereocenters. The molecule has 0 amide bonds. The normalized spacial score (nSPS) is 18.2. The standard InChI is InChI=1S/C14H20BrNO2S/c15-10-9-13-5-7-14(8-6-13)19(17,18)16-11-3-1-2-4-12-16/h5-8H,1-4,9-12H2. The van der Waals surface area contributed by atoms with E-state index in [9.17, 15) is 8.42 Å². The van der Waals surface area contributed by atoms with E-state index in [1.54, 1.807) is 16.4 Å². The van der Waals surface area contributed by atoms with Crippen LogP contribution in [0.25, 0.3) is 0 Å². The van der Waals surface area contributed by atoms with E-state index in [1.165, 1.54) is 0 Å². The van der Waals surface area contributed by atoms with E-state index >= 15 is 0 Å². The first-order valence-electron chi connectivity index (χ1n) is 6.79. The SMILES string of the molecule is O=S(=O)(c1ccc(CCBr)cc1)N1CCCCCC1. The third-order valence-corrected chi connectivity index (χ3v) is 5.82. The van der Waals surface area contributed by atoms with Gasteiger partial charge in [0.25, 0.3) is 0 Å². The maximum atomic E-state index is 12.5. The summed E-state index contributed by atoms with van der Waals surface area (Å²) in [5, 5.41) is 0.894. The number of aryl methyl sites for hydroxylation is 1. The molecule has 0 aliphatic carbocycles.